The number of hydrogen-bond donors (Lipinski definition) is 2. The van der Waals surface area contributed by atoms with E-state index in [1.54, 1.807) is 6.07 Å². The minimum atomic E-state index is 0.113. The lowest BCUT2D eigenvalue weighted by Crippen LogP contribution is -2.19. The number of benzene rings is 1. The van der Waals surface area contributed by atoms with E-state index in [9.17, 15) is 0 Å². The Kier molecular flexibility index (Phi) is 4.78. The van der Waals surface area contributed by atoms with Crippen LogP contribution >= 0.6 is 0 Å². The largest absolute Gasteiger partial charge is 0.492 e. The molecule has 0 aliphatic heterocycles. The van der Waals surface area contributed by atoms with Crippen LogP contribution in [0.3, 0.4) is 0 Å². The van der Waals surface area contributed by atoms with Crippen LogP contribution < -0.4 is 10.5 Å². The first-order valence-electron chi connectivity index (χ1n) is 5.40. The molecule has 0 atom stereocenters. The zero-order chi connectivity index (χ0) is 12.8. The van der Waals surface area contributed by atoms with Crippen molar-refractivity contribution >= 4 is 5.84 Å². The van der Waals surface area contributed by atoms with Crippen molar-refractivity contribution in [3.63, 3.8) is 0 Å². The Labute approximate surface area is 101 Å². The van der Waals surface area contributed by atoms with Gasteiger partial charge in [0.05, 0.1) is 0 Å². The molecule has 17 heavy (non-hydrogen) atoms. The number of amidine groups is 1. The van der Waals surface area contributed by atoms with Gasteiger partial charge in [0, 0.05) is 12.1 Å². The Morgan fingerprint density at radius 2 is 2.18 bits per heavy atom. The average molecular weight is 237 g/mol. The molecule has 0 aromatic heterocycles. The fourth-order valence-electron chi connectivity index (χ4n) is 1.41. The number of aryl methyl sites for hydroxylation is 1. The number of nitrogens with two attached hydrogens (primary N) is 1. The fraction of sp³-hybridized carbons (Fsp3) is 0.417. The summed E-state index contributed by atoms with van der Waals surface area (Å²) in [6, 6.07) is 5.48. The third-order valence-electron chi connectivity index (χ3n) is 2.39. The van der Waals surface area contributed by atoms with Gasteiger partial charge in [-0.1, -0.05) is 5.16 Å². The van der Waals surface area contributed by atoms with Crippen molar-refractivity contribution in [3.8, 4) is 5.75 Å². The minimum absolute atomic E-state index is 0.113. The van der Waals surface area contributed by atoms with Crippen molar-refractivity contribution in [1.29, 1.82) is 0 Å². The van der Waals surface area contributed by atoms with Gasteiger partial charge in [0.1, 0.15) is 12.4 Å². The van der Waals surface area contributed by atoms with Gasteiger partial charge in [-0.3, -0.25) is 0 Å². The normalized spacial score (nSPS) is 11.9. The predicted octanol–water partition coefficient (Wildman–Crippen LogP) is 1.03. The summed E-state index contributed by atoms with van der Waals surface area (Å²) in [5, 5.41) is 11.6. The highest BCUT2D eigenvalue weighted by Gasteiger charge is 2.05. The molecule has 0 saturated carbocycles. The maximum absolute atomic E-state index is 8.61. The third-order valence-corrected chi connectivity index (χ3v) is 2.39. The predicted molar refractivity (Wildman–Crippen MR) is 67.7 cm³/mol. The molecular weight excluding hydrogens is 218 g/mol. The van der Waals surface area contributed by atoms with Gasteiger partial charge >= 0.3 is 0 Å². The molecule has 1 rings (SSSR count). The molecule has 0 bridgehead atoms. The Morgan fingerprint density at radius 3 is 2.71 bits per heavy atom. The second kappa shape index (κ2) is 6.10. The molecule has 0 amide bonds. The van der Waals surface area contributed by atoms with E-state index in [2.05, 4.69) is 10.1 Å². The summed E-state index contributed by atoms with van der Waals surface area (Å²) >= 11 is 0. The number of oxime groups is 1. The molecule has 0 fully saturated rings. The molecule has 0 aliphatic rings. The van der Waals surface area contributed by atoms with Crippen molar-refractivity contribution in [1.82, 2.24) is 4.90 Å². The van der Waals surface area contributed by atoms with E-state index < -0.39 is 0 Å². The number of rotatable bonds is 5. The van der Waals surface area contributed by atoms with E-state index in [4.69, 9.17) is 15.7 Å². The maximum Gasteiger partial charge on any atom is 0.170 e. The van der Waals surface area contributed by atoms with Gasteiger partial charge in [-0.2, -0.15) is 0 Å². The molecule has 0 radical (unpaired) electrons. The number of nitrogens with zero attached hydrogens (tertiary/aromatic N) is 2. The lowest BCUT2D eigenvalue weighted by atomic mass is 10.1. The van der Waals surface area contributed by atoms with Crippen LogP contribution in [0.15, 0.2) is 23.4 Å². The molecule has 1 aromatic carbocycles. The summed E-state index contributed by atoms with van der Waals surface area (Å²) in [5.41, 5.74) is 7.17. The number of likely N-dealkylation sites (N-methyl/N-ethyl adjacent to an activating group) is 1. The Balaban J connectivity index is 2.69. The van der Waals surface area contributed by atoms with E-state index in [1.165, 1.54) is 0 Å². The topological polar surface area (TPSA) is 71.1 Å². The van der Waals surface area contributed by atoms with Gasteiger partial charge in [-0.15, -0.1) is 0 Å². The molecule has 0 saturated heterocycles. The summed E-state index contributed by atoms with van der Waals surface area (Å²) in [7, 11) is 3.99. The Morgan fingerprint density at radius 1 is 1.47 bits per heavy atom. The second-order valence-electron chi connectivity index (χ2n) is 4.11. The molecule has 1 aromatic rings. The van der Waals surface area contributed by atoms with Crippen LogP contribution in [0.25, 0.3) is 0 Å². The Bertz CT molecular complexity index is 403. The van der Waals surface area contributed by atoms with E-state index in [0.717, 1.165) is 17.9 Å². The van der Waals surface area contributed by atoms with Gasteiger partial charge < -0.3 is 20.6 Å². The summed E-state index contributed by atoms with van der Waals surface area (Å²) < 4.78 is 5.58. The van der Waals surface area contributed by atoms with E-state index in [0.29, 0.717) is 12.2 Å². The first kappa shape index (κ1) is 13.3. The fourth-order valence-corrected chi connectivity index (χ4v) is 1.41. The Hall–Kier alpha value is -1.75. The zero-order valence-corrected chi connectivity index (χ0v) is 10.5. The molecule has 5 heteroatoms. The lowest BCUT2D eigenvalue weighted by molar-refractivity contribution is 0.261. The summed E-state index contributed by atoms with van der Waals surface area (Å²) in [4.78, 5) is 2.05. The van der Waals surface area contributed by atoms with Gasteiger partial charge in [0.25, 0.3) is 0 Å². The average Bonchev–Trinajstić information content (AvgIpc) is 2.28. The highest BCUT2D eigenvalue weighted by atomic mass is 16.5. The van der Waals surface area contributed by atoms with Crippen molar-refractivity contribution in [3.05, 3.63) is 29.3 Å². The van der Waals surface area contributed by atoms with Gasteiger partial charge in [-0.05, 0) is 44.8 Å². The first-order valence-corrected chi connectivity index (χ1v) is 5.40. The van der Waals surface area contributed by atoms with Crippen molar-refractivity contribution < 1.29 is 9.94 Å². The molecular formula is C12H19N3O2. The maximum atomic E-state index is 8.61. The highest BCUT2D eigenvalue weighted by Crippen LogP contribution is 2.17. The number of ether oxygens (including phenoxy) is 1. The van der Waals surface area contributed by atoms with Crippen molar-refractivity contribution in [2.75, 3.05) is 27.2 Å². The van der Waals surface area contributed by atoms with Crippen LogP contribution in [0.1, 0.15) is 11.1 Å². The smallest absolute Gasteiger partial charge is 0.170 e. The van der Waals surface area contributed by atoms with Crippen LogP contribution in [-0.2, 0) is 0 Å². The van der Waals surface area contributed by atoms with E-state index in [-0.39, 0.29) is 5.84 Å². The van der Waals surface area contributed by atoms with Crippen LogP contribution in [0.4, 0.5) is 0 Å². The molecule has 0 spiro atoms. The third kappa shape index (κ3) is 3.96. The number of hydrogen-bond acceptors (Lipinski definition) is 4. The minimum Gasteiger partial charge on any atom is -0.492 e. The SMILES string of the molecule is Cc1cc(OCCN(C)C)ccc1/C(N)=N/O. The standard InChI is InChI=1S/C12H19N3O2/c1-9-8-10(17-7-6-15(2)3)4-5-11(9)12(13)14-16/h4-5,8,16H,6-7H2,1-3H3,(H2,13,14). The summed E-state index contributed by atoms with van der Waals surface area (Å²) in [5.74, 6) is 0.904. The molecule has 0 aliphatic carbocycles. The van der Waals surface area contributed by atoms with Gasteiger partial charge in [0.15, 0.2) is 5.84 Å². The zero-order valence-electron chi connectivity index (χ0n) is 10.5. The monoisotopic (exact) mass is 237 g/mol. The molecule has 0 unspecified atom stereocenters. The molecule has 0 heterocycles. The molecule has 94 valence electrons. The van der Waals surface area contributed by atoms with Gasteiger partial charge in [0.2, 0.25) is 0 Å². The molecule has 3 N–H and O–H groups in total. The van der Waals surface area contributed by atoms with E-state index >= 15 is 0 Å². The van der Waals surface area contributed by atoms with Crippen LogP contribution in [0, 0.1) is 6.92 Å². The highest BCUT2D eigenvalue weighted by molar-refractivity contribution is 5.98. The van der Waals surface area contributed by atoms with Crippen LogP contribution in [0.2, 0.25) is 0 Å². The van der Waals surface area contributed by atoms with Crippen LogP contribution in [-0.4, -0.2) is 43.2 Å². The summed E-state index contributed by atoms with van der Waals surface area (Å²) in [6.45, 7) is 3.39. The second-order valence-corrected chi connectivity index (χ2v) is 4.11. The van der Waals surface area contributed by atoms with Gasteiger partial charge in [-0.25, -0.2) is 0 Å². The van der Waals surface area contributed by atoms with Crippen molar-refractivity contribution in [2.45, 2.75) is 6.92 Å². The quantitative estimate of drug-likeness (QED) is 0.347. The van der Waals surface area contributed by atoms with Crippen molar-refractivity contribution in [2.24, 2.45) is 10.9 Å². The van der Waals surface area contributed by atoms with Crippen LogP contribution in [0.5, 0.6) is 5.75 Å². The van der Waals surface area contributed by atoms with E-state index in [1.807, 2.05) is 33.2 Å². The first-order chi connectivity index (χ1) is 8.04. The molecule has 5 nitrogen and oxygen atoms in total. The lowest BCUT2D eigenvalue weighted by Gasteiger charge is -2.12. The summed E-state index contributed by atoms with van der Waals surface area (Å²) in [6.07, 6.45) is 0.